The highest BCUT2D eigenvalue weighted by atomic mass is 32.2. The van der Waals surface area contributed by atoms with Gasteiger partial charge in [0.1, 0.15) is 0 Å². The van der Waals surface area contributed by atoms with Crippen LogP contribution < -0.4 is 10.6 Å². The van der Waals surface area contributed by atoms with Crippen molar-refractivity contribution in [1.29, 1.82) is 0 Å². The van der Waals surface area contributed by atoms with Crippen LogP contribution in [-0.4, -0.2) is 87.7 Å². The van der Waals surface area contributed by atoms with Gasteiger partial charge in [0.05, 0.1) is 0 Å². The summed E-state index contributed by atoms with van der Waals surface area (Å²) in [5.74, 6) is 2.82. The predicted molar refractivity (Wildman–Crippen MR) is 100 cm³/mol. The van der Waals surface area contributed by atoms with Crippen molar-refractivity contribution < 1.29 is 0 Å². The summed E-state index contributed by atoms with van der Waals surface area (Å²) in [6.07, 6.45) is 4.64. The van der Waals surface area contributed by atoms with Gasteiger partial charge >= 0.3 is 0 Å². The monoisotopic (exact) mass is 329 g/mol. The topological polar surface area (TPSA) is 42.9 Å². The molecule has 0 radical (unpaired) electrons. The van der Waals surface area contributed by atoms with Crippen molar-refractivity contribution in [2.75, 3.05) is 71.9 Å². The van der Waals surface area contributed by atoms with Crippen LogP contribution in [0.1, 0.15) is 19.8 Å². The lowest BCUT2D eigenvalue weighted by molar-refractivity contribution is 0.139. The maximum Gasteiger partial charge on any atom is 0.190 e. The van der Waals surface area contributed by atoms with E-state index in [4.69, 9.17) is 0 Å². The average Bonchev–Trinajstić information content (AvgIpc) is 2.52. The quantitative estimate of drug-likeness (QED) is 0.378. The van der Waals surface area contributed by atoms with Gasteiger partial charge in [0.2, 0.25) is 0 Å². The number of aliphatic imine (C=N–C) groups is 1. The molecule has 130 valence electrons. The molecule has 1 aliphatic heterocycles. The maximum absolute atomic E-state index is 4.30. The molecular formula is C16H35N5S. The molecule has 0 aromatic carbocycles. The number of nitrogens with zero attached hydrogens (tertiary/aromatic N) is 3. The zero-order valence-electron chi connectivity index (χ0n) is 14.9. The smallest absolute Gasteiger partial charge is 0.190 e. The van der Waals surface area contributed by atoms with E-state index >= 15 is 0 Å². The van der Waals surface area contributed by atoms with E-state index in [2.05, 4.69) is 45.7 Å². The Bertz CT molecular complexity index is 303. The number of nitrogens with one attached hydrogen (secondary N) is 2. The van der Waals surface area contributed by atoms with Crippen molar-refractivity contribution in [2.45, 2.75) is 19.8 Å². The molecule has 1 aliphatic rings. The third-order valence-electron chi connectivity index (χ3n) is 4.08. The molecule has 0 aliphatic carbocycles. The molecule has 0 bridgehead atoms. The molecule has 1 saturated heterocycles. The van der Waals surface area contributed by atoms with Crippen molar-refractivity contribution in [2.24, 2.45) is 10.9 Å². The third kappa shape index (κ3) is 8.86. The van der Waals surface area contributed by atoms with Gasteiger partial charge in [0.15, 0.2) is 5.96 Å². The summed E-state index contributed by atoms with van der Waals surface area (Å²) in [4.78, 5) is 9.28. The lowest BCUT2D eigenvalue weighted by Crippen LogP contribution is -2.47. The summed E-state index contributed by atoms with van der Waals surface area (Å²) >= 11 is 1.92. The molecule has 5 nitrogen and oxygen atoms in total. The van der Waals surface area contributed by atoms with Crippen molar-refractivity contribution in [3.63, 3.8) is 0 Å². The number of piperazine rings is 1. The van der Waals surface area contributed by atoms with E-state index in [0.29, 0.717) is 5.92 Å². The summed E-state index contributed by atoms with van der Waals surface area (Å²) in [5.41, 5.74) is 0. The number of likely N-dealkylation sites (N-methyl/N-ethyl adjacent to an activating group) is 1. The largest absolute Gasteiger partial charge is 0.356 e. The van der Waals surface area contributed by atoms with Gasteiger partial charge in [0, 0.05) is 52.9 Å². The normalized spacial score (nSPS) is 19.2. The minimum absolute atomic E-state index is 0.637. The first-order chi connectivity index (χ1) is 10.7. The number of unbranched alkanes of at least 4 members (excludes halogenated alkanes) is 1. The Labute approximate surface area is 141 Å². The Morgan fingerprint density at radius 2 is 1.91 bits per heavy atom. The number of hydrogen-bond acceptors (Lipinski definition) is 4. The van der Waals surface area contributed by atoms with E-state index in [-0.39, 0.29) is 0 Å². The Kier molecular flexibility index (Phi) is 10.7. The Balaban J connectivity index is 2.11. The Morgan fingerprint density at radius 3 is 2.55 bits per heavy atom. The van der Waals surface area contributed by atoms with Crippen LogP contribution in [0.25, 0.3) is 0 Å². The lowest BCUT2D eigenvalue weighted by atomic mass is 10.1. The second-order valence-electron chi connectivity index (χ2n) is 6.29. The number of hydrogen-bond donors (Lipinski definition) is 2. The summed E-state index contributed by atoms with van der Waals surface area (Å²) in [6, 6.07) is 0. The fraction of sp³-hybridized carbons (Fsp3) is 0.938. The molecule has 1 unspecified atom stereocenters. The third-order valence-corrected chi connectivity index (χ3v) is 4.77. The first kappa shape index (κ1) is 19.6. The first-order valence-electron chi connectivity index (χ1n) is 8.50. The van der Waals surface area contributed by atoms with Crippen LogP contribution in [0.4, 0.5) is 0 Å². The molecule has 0 spiro atoms. The van der Waals surface area contributed by atoms with E-state index < -0.39 is 0 Å². The van der Waals surface area contributed by atoms with Gasteiger partial charge in [-0.2, -0.15) is 11.8 Å². The van der Waals surface area contributed by atoms with Crippen LogP contribution in [0.15, 0.2) is 4.99 Å². The van der Waals surface area contributed by atoms with E-state index in [1.807, 2.05) is 18.8 Å². The van der Waals surface area contributed by atoms with Gasteiger partial charge in [-0.05, 0) is 37.8 Å². The molecular weight excluding hydrogens is 294 g/mol. The van der Waals surface area contributed by atoms with Crippen LogP contribution >= 0.6 is 11.8 Å². The molecule has 22 heavy (non-hydrogen) atoms. The van der Waals surface area contributed by atoms with Gasteiger partial charge in [-0.15, -0.1) is 0 Å². The standard InChI is InChI=1S/C16H35N5S/c1-15(14-21-10-8-20(3)9-11-21)13-19-16(17-2)18-7-5-6-12-22-4/h15H,5-14H2,1-4H3,(H2,17,18,19). The maximum atomic E-state index is 4.30. The molecule has 0 aromatic rings. The average molecular weight is 330 g/mol. The molecule has 0 aromatic heterocycles. The summed E-state index contributed by atoms with van der Waals surface area (Å²) in [6.45, 7) is 10.3. The zero-order valence-corrected chi connectivity index (χ0v) is 15.7. The summed E-state index contributed by atoms with van der Waals surface area (Å²) in [7, 11) is 4.06. The lowest BCUT2D eigenvalue weighted by Gasteiger charge is -2.34. The van der Waals surface area contributed by atoms with Crippen molar-refractivity contribution >= 4 is 17.7 Å². The van der Waals surface area contributed by atoms with E-state index in [1.54, 1.807) is 0 Å². The minimum atomic E-state index is 0.637. The van der Waals surface area contributed by atoms with E-state index in [9.17, 15) is 0 Å². The summed E-state index contributed by atoms with van der Waals surface area (Å²) in [5, 5.41) is 6.86. The molecule has 2 N–H and O–H groups in total. The highest BCUT2D eigenvalue weighted by Gasteiger charge is 2.16. The molecule has 0 amide bonds. The second kappa shape index (κ2) is 12.0. The van der Waals surface area contributed by atoms with Gasteiger partial charge in [-0.1, -0.05) is 6.92 Å². The van der Waals surface area contributed by atoms with Crippen LogP contribution in [0.2, 0.25) is 0 Å². The SMILES string of the molecule is CN=C(NCCCCSC)NCC(C)CN1CCN(C)CC1. The van der Waals surface area contributed by atoms with Gasteiger partial charge in [-0.25, -0.2) is 0 Å². The molecule has 1 rings (SSSR count). The predicted octanol–water partition coefficient (Wildman–Crippen LogP) is 1.18. The molecule has 6 heteroatoms. The van der Waals surface area contributed by atoms with Crippen LogP contribution in [0.3, 0.4) is 0 Å². The summed E-state index contributed by atoms with van der Waals surface area (Å²) < 4.78 is 0. The molecule has 1 heterocycles. The Morgan fingerprint density at radius 1 is 1.18 bits per heavy atom. The van der Waals surface area contributed by atoms with Crippen molar-refractivity contribution in [3.8, 4) is 0 Å². The molecule has 1 atom stereocenters. The van der Waals surface area contributed by atoms with Gasteiger partial charge in [0.25, 0.3) is 0 Å². The fourth-order valence-corrected chi connectivity index (χ4v) is 3.10. The highest BCUT2D eigenvalue weighted by Crippen LogP contribution is 2.03. The number of guanidine groups is 1. The van der Waals surface area contributed by atoms with Gasteiger partial charge < -0.3 is 20.4 Å². The number of thioether (sulfide) groups is 1. The van der Waals surface area contributed by atoms with Crippen molar-refractivity contribution in [3.05, 3.63) is 0 Å². The van der Waals surface area contributed by atoms with Crippen LogP contribution in [0.5, 0.6) is 0 Å². The first-order valence-corrected chi connectivity index (χ1v) is 9.89. The minimum Gasteiger partial charge on any atom is -0.356 e. The van der Waals surface area contributed by atoms with E-state index in [1.165, 1.54) is 51.3 Å². The van der Waals surface area contributed by atoms with Gasteiger partial charge in [-0.3, -0.25) is 4.99 Å². The van der Waals surface area contributed by atoms with Crippen molar-refractivity contribution in [1.82, 2.24) is 20.4 Å². The van der Waals surface area contributed by atoms with Crippen LogP contribution in [0, 0.1) is 5.92 Å². The molecule has 0 saturated carbocycles. The van der Waals surface area contributed by atoms with Crippen LogP contribution in [-0.2, 0) is 0 Å². The zero-order chi connectivity index (χ0) is 16.2. The number of rotatable bonds is 9. The molecule has 1 fully saturated rings. The Hall–Kier alpha value is -0.460. The fourth-order valence-electron chi connectivity index (χ4n) is 2.61. The highest BCUT2D eigenvalue weighted by molar-refractivity contribution is 7.98. The second-order valence-corrected chi connectivity index (χ2v) is 7.27. The van der Waals surface area contributed by atoms with E-state index in [0.717, 1.165) is 19.0 Å².